The van der Waals surface area contributed by atoms with Gasteiger partial charge >= 0.3 is 0 Å². The van der Waals surface area contributed by atoms with Crippen LogP contribution in [0.5, 0.6) is 0 Å². The molecule has 2 heterocycles. The van der Waals surface area contributed by atoms with Crippen LogP contribution in [0.2, 0.25) is 0 Å². The van der Waals surface area contributed by atoms with Gasteiger partial charge in [0.15, 0.2) is 5.13 Å². The van der Waals surface area contributed by atoms with Crippen LogP contribution in [-0.4, -0.2) is 19.4 Å². The zero-order valence-corrected chi connectivity index (χ0v) is 12.2. The summed E-state index contributed by atoms with van der Waals surface area (Å²) in [5.74, 6) is 0.577. The SMILES string of the molecule is CC(C)NCc1ccc(S(=O)(=O)Nc2nccs2)o1. The lowest BCUT2D eigenvalue weighted by atomic mass is 10.3. The van der Waals surface area contributed by atoms with E-state index in [1.807, 2.05) is 13.8 Å². The summed E-state index contributed by atoms with van der Waals surface area (Å²) in [5, 5.41) is 5.06. The fourth-order valence-electron chi connectivity index (χ4n) is 1.34. The average Bonchev–Trinajstić information content (AvgIpc) is 2.96. The molecular weight excluding hydrogens is 286 g/mol. The molecule has 0 fully saturated rings. The Bertz CT molecular complexity index is 617. The third-order valence-electron chi connectivity index (χ3n) is 2.24. The molecular formula is C11H15N3O3S2. The first-order chi connectivity index (χ1) is 8.97. The van der Waals surface area contributed by atoms with Gasteiger partial charge in [-0.25, -0.2) is 4.98 Å². The largest absolute Gasteiger partial charge is 0.446 e. The highest BCUT2D eigenvalue weighted by molar-refractivity contribution is 7.92. The Balaban J connectivity index is 2.08. The van der Waals surface area contributed by atoms with Gasteiger partial charge in [0.2, 0.25) is 5.09 Å². The van der Waals surface area contributed by atoms with Gasteiger partial charge in [-0.1, -0.05) is 13.8 Å². The molecule has 0 amide bonds. The standard InChI is InChI=1S/C11H15N3O3S2/c1-8(2)13-7-9-3-4-10(17-9)19(15,16)14-11-12-5-6-18-11/h3-6,8,13H,7H2,1-2H3,(H,12,14). The number of anilines is 1. The first kappa shape index (κ1) is 14.0. The highest BCUT2D eigenvalue weighted by Gasteiger charge is 2.19. The number of hydrogen-bond donors (Lipinski definition) is 2. The third-order valence-corrected chi connectivity index (χ3v) is 4.27. The summed E-state index contributed by atoms with van der Waals surface area (Å²) in [7, 11) is -3.70. The maximum absolute atomic E-state index is 12.0. The maximum atomic E-state index is 12.0. The van der Waals surface area contributed by atoms with Gasteiger partial charge in [0.05, 0.1) is 6.54 Å². The predicted molar refractivity (Wildman–Crippen MR) is 73.6 cm³/mol. The minimum absolute atomic E-state index is 0.108. The predicted octanol–water partition coefficient (Wildman–Crippen LogP) is 2.03. The van der Waals surface area contributed by atoms with Crippen molar-refractivity contribution < 1.29 is 12.8 Å². The van der Waals surface area contributed by atoms with Crippen LogP contribution in [0, 0.1) is 0 Å². The van der Waals surface area contributed by atoms with Gasteiger partial charge in [-0.05, 0) is 12.1 Å². The van der Waals surface area contributed by atoms with Gasteiger partial charge in [-0.3, -0.25) is 4.72 Å². The molecule has 0 aromatic carbocycles. The van der Waals surface area contributed by atoms with Crippen molar-refractivity contribution in [3.05, 3.63) is 29.5 Å². The van der Waals surface area contributed by atoms with E-state index in [0.29, 0.717) is 23.5 Å². The molecule has 6 nitrogen and oxygen atoms in total. The number of furan rings is 1. The van der Waals surface area contributed by atoms with Crippen LogP contribution in [0.4, 0.5) is 5.13 Å². The van der Waals surface area contributed by atoms with Crippen LogP contribution in [0.1, 0.15) is 19.6 Å². The van der Waals surface area contributed by atoms with Crippen LogP contribution < -0.4 is 10.0 Å². The maximum Gasteiger partial charge on any atom is 0.297 e. The van der Waals surface area contributed by atoms with E-state index in [0.717, 1.165) is 0 Å². The molecule has 0 bridgehead atoms. The highest BCUT2D eigenvalue weighted by atomic mass is 32.2. The number of hydrogen-bond acceptors (Lipinski definition) is 6. The molecule has 2 rings (SSSR count). The quantitative estimate of drug-likeness (QED) is 0.853. The molecule has 19 heavy (non-hydrogen) atoms. The molecule has 0 aliphatic rings. The fraction of sp³-hybridized carbons (Fsp3) is 0.364. The van der Waals surface area contributed by atoms with Crippen molar-refractivity contribution in [3.63, 3.8) is 0 Å². The second-order valence-corrected chi connectivity index (χ2v) is 6.71. The van der Waals surface area contributed by atoms with E-state index in [1.165, 1.54) is 23.6 Å². The van der Waals surface area contributed by atoms with Crippen LogP contribution in [-0.2, 0) is 16.6 Å². The second kappa shape index (κ2) is 5.72. The fourth-order valence-corrected chi connectivity index (χ4v) is 3.08. The van der Waals surface area contributed by atoms with Crippen molar-refractivity contribution in [2.24, 2.45) is 0 Å². The van der Waals surface area contributed by atoms with Crippen LogP contribution in [0.15, 0.2) is 33.2 Å². The molecule has 0 unspecified atom stereocenters. The van der Waals surface area contributed by atoms with Crippen molar-refractivity contribution in [3.8, 4) is 0 Å². The molecule has 0 saturated carbocycles. The summed E-state index contributed by atoms with van der Waals surface area (Å²) in [5.41, 5.74) is 0. The molecule has 2 aromatic rings. The Morgan fingerprint density at radius 2 is 2.21 bits per heavy atom. The molecule has 0 spiro atoms. The molecule has 2 aromatic heterocycles. The first-order valence-electron chi connectivity index (χ1n) is 5.72. The summed E-state index contributed by atoms with van der Waals surface area (Å²) < 4.78 is 31.7. The van der Waals surface area contributed by atoms with Crippen LogP contribution >= 0.6 is 11.3 Å². The molecule has 8 heteroatoms. The average molecular weight is 301 g/mol. The molecule has 0 aliphatic heterocycles. The topological polar surface area (TPSA) is 84.2 Å². The Kier molecular flexibility index (Phi) is 4.23. The Hall–Kier alpha value is -1.38. The van der Waals surface area contributed by atoms with Crippen molar-refractivity contribution in [1.82, 2.24) is 10.3 Å². The van der Waals surface area contributed by atoms with Gasteiger partial charge < -0.3 is 9.73 Å². The summed E-state index contributed by atoms with van der Waals surface area (Å²) in [4.78, 5) is 3.87. The van der Waals surface area contributed by atoms with Crippen LogP contribution in [0.3, 0.4) is 0 Å². The molecule has 0 saturated heterocycles. The van der Waals surface area contributed by atoms with Crippen molar-refractivity contribution >= 4 is 26.5 Å². The van der Waals surface area contributed by atoms with Crippen molar-refractivity contribution in [1.29, 1.82) is 0 Å². The van der Waals surface area contributed by atoms with Gasteiger partial charge in [0.1, 0.15) is 5.76 Å². The highest BCUT2D eigenvalue weighted by Crippen LogP contribution is 2.19. The van der Waals surface area contributed by atoms with E-state index in [-0.39, 0.29) is 5.09 Å². The lowest BCUT2D eigenvalue weighted by Crippen LogP contribution is -2.21. The second-order valence-electron chi connectivity index (χ2n) is 4.20. The van der Waals surface area contributed by atoms with Gasteiger partial charge in [0.25, 0.3) is 10.0 Å². The number of sulfonamides is 1. The monoisotopic (exact) mass is 301 g/mol. The molecule has 104 valence electrons. The third kappa shape index (κ3) is 3.79. The number of thiazole rings is 1. The lowest BCUT2D eigenvalue weighted by Gasteiger charge is -2.05. The van der Waals surface area contributed by atoms with Gasteiger partial charge in [0, 0.05) is 17.6 Å². The van der Waals surface area contributed by atoms with Crippen molar-refractivity contribution in [2.75, 3.05) is 4.72 Å². The normalized spacial score (nSPS) is 11.9. The molecule has 2 N–H and O–H groups in total. The van der Waals surface area contributed by atoms with E-state index >= 15 is 0 Å². The zero-order valence-electron chi connectivity index (χ0n) is 10.6. The van der Waals surface area contributed by atoms with Crippen LogP contribution in [0.25, 0.3) is 0 Å². The summed E-state index contributed by atoms with van der Waals surface area (Å²) in [6, 6.07) is 3.39. The van der Waals surface area contributed by atoms with E-state index in [4.69, 9.17) is 4.42 Å². The van der Waals surface area contributed by atoms with Gasteiger partial charge in [-0.2, -0.15) is 8.42 Å². The Morgan fingerprint density at radius 3 is 2.84 bits per heavy atom. The van der Waals surface area contributed by atoms with Crippen molar-refractivity contribution in [2.45, 2.75) is 31.5 Å². The minimum atomic E-state index is -3.70. The smallest absolute Gasteiger partial charge is 0.297 e. The van der Waals surface area contributed by atoms with E-state index in [1.54, 1.807) is 11.4 Å². The number of aromatic nitrogens is 1. The minimum Gasteiger partial charge on any atom is -0.446 e. The first-order valence-corrected chi connectivity index (χ1v) is 8.08. The molecule has 0 radical (unpaired) electrons. The van der Waals surface area contributed by atoms with E-state index in [2.05, 4.69) is 15.0 Å². The summed E-state index contributed by atoms with van der Waals surface area (Å²) in [6.45, 7) is 4.50. The molecule has 0 atom stereocenters. The Morgan fingerprint density at radius 1 is 1.42 bits per heavy atom. The number of nitrogens with one attached hydrogen (secondary N) is 2. The number of rotatable bonds is 6. The Labute approximate surface area is 115 Å². The number of nitrogens with zero attached hydrogens (tertiary/aromatic N) is 1. The summed E-state index contributed by atoms with van der Waals surface area (Å²) in [6.07, 6.45) is 1.53. The lowest BCUT2D eigenvalue weighted by molar-refractivity contribution is 0.396. The van der Waals surface area contributed by atoms with Gasteiger partial charge in [-0.15, -0.1) is 11.3 Å². The summed E-state index contributed by atoms with van der Waals surface area (Å²) >= 11 is 1.21. The molecule has 0 aliphatic carbocycles. The zero-order chi connectivity index (χ0) is 13.9. The van der Waals surface area contributed by atoms with E-state index in [9.17, 15) is 8.42 Å². The van der Waals surface area contributed by atoms with E-state index < -0.39 is 10.0 Å².